The highest BCUT2D eigenvalue weighted by molar-refractivity contribution is 6.31. The highest BCUT2D eigenvalue weighted by Crippen LogP contribution is 2.57. The van der Waals surface area contributed by atoms with Crippen molar-refractivity contribution in [2.45, 2.75) is 33.1 Å². The molecular weight excluding hydrogens is 440 g/mol. The standard InChI is InChI=1S/C25H22N2O7/c1-11-20(30)18(13(3)28)22-19(21(11)31)25(4)16(34-22)10-15(29)17(23(25)32)12(2)26-27-24(33)14-8-6-5-7-9-14/h5-10,26,30-31H,1-4H3,(H,27,33)/b17-12+. The quantitative estimate of drug-likeness (QED) is 0.235. The van der Waals surface area contributed by atoms with Crippen LogP contribution in [0.1, 0.15) is 52.6 Å². The van der Waals surface area contributed by atoms with E-state index in [0.717, 1.165) is 6.08 Å². The van der Waals surface area contributed by atoms with E-state index in [-0.39, 0.29) is 39.5 Å². The zero-order chi connectivity index (χ0) is 24.9. The Balaban J connectivity index is 1.78. The van der Waals surface area contributed by atoms with Crippen molar-refractivity contribution in [1.82, 2.24) is 10.9 Å². The lowest BCUT2D eigenvalue weighted by molar-refractivity contribution is -0.123. The number of allylic oxidation sites excluding steroid dienone is 4. The van der Waals surface area contributed by atoms with Crippen LogP contribution in [0.2, 0.25) is 0 Å². The van der Waals surface area contributed by atoms with E-state index >= 15 is 0 Å². The van der Waals surface area contributed by atoms with Gasteiger partial charge in [0.25, 0.3) is 5.91 Å². The van der Waals surface area contributed by atoms with Crippen molar-refractivity contribution in [2.24, 2.45) is 0 Å². The minimum Gasteiger partial charge on any atom is -0.507 e. The van der Waals surface area contributed by atoms with E-state index in [4.69, 9.17) is 4.74 Å². The van der Waals surface area contributed by atoms with Crippen molar-refractivity contribution in [1.29, 1.82) is 0 Å². The number of nitrogens with one attached hydrogen (secondary N) is 2. The SMILES string of the molecule is CC(=O)c1c(O)c(C)c(O)c2c1OC1=CC(=O)/C(=C(/C)NNC(=O)c3ccccc3)C(=O)C12C. The highest BCUT2D eigenvalue weighted by atomic mass is 16.5. The number of phenolic OH excluding ortho intramolecular Hbond substituents is 2. The second-order valence-electron chi connectivity index (χ2n) is 8.33. The summed E-state index contributed by atoms with van der Waals surface area (Å²) in [5.41, 5.74) is 3.47. The number of fused-ring (bicyclic) bond motifs is 3. The lowest BCUT2D eigenvalue weighted by atomic mass is 9.70. The van der Waals surface area contributed by atoms with Crippen LogP contribution < -0.4 is 15.6 Å². The maximum absolute atomic E-state index is 13.7. The number of hydrogen-bond donors (Lipinski definition) is 4. The summed E-state index contributed by atoms with van der Waals surface area (Å²) >= 11 is 0. The zero-order valence-electron chi connectivity index (χ0n) is 18.9. The van der Waals surface area contributed by atoms with Crippen molar-refractivity contribution < 1.29 is 34.1 Å². The van der Waals surface area contributed by atoms with E-state index in [1.165, 1.54) is 27.7 Å². The molecule has 4 N–H and O–H groups in total. The average Bonchev–Trinajstić information content (AvgIpc) is 3.09. The number of carbonyl (C=O) groups excluding carboxylic acids is 4. The number of rotatable bonds is 4. The maximum atomic E-state index is 13.7. The summed E-state index contributed by atoms with van der Waals surface area (Å²) in [6.07, 6.45) is 1.11. The summed E-state index contributed by atoms with van der Waals surface area (Å²) in [6, 6.07) is 8.36. The Bertz CT molecular complexity index is 1360. The number of carbonyl (C=O) groups is 4. The van der Waals surface area contributed by atoms with E-state index in [1.54, 1.807) is 30.3 Å². The van der Waals surface area contributed by atoms with Gasteiger partial charge < -0.3 is 20.4 Å². The third-order valence-electron chi connectivity index (χ3n) is 6.16. The van der Waals surface area contributed by atoms with Crippen LogP contribution in [0.3, 0.4) is 0 Å². The lowest BCUT2D eigenvalue weighted by Crippen LogP contribution is -2.43. The normalized spacial score (nSPS) is 20.1. The zero-order valence-corrected chi connectivity index (χ0v) is 18.9. The predicted octanol–water partition coefficient (Wildman–Crippen LogP) is 2.50. The first-order chi connectivity index (χ1) is 16.0. The van der Waals surface area contributed by atoms with Crippen LogP contribution in [0.25, 0.3) is 0 Å². The number of phenols is 2. The number of hydrogen-bond acceptors (Lipinski definition) is 8. The number of hydrazine groups is 1. The summed E-state index contributed by atoms with van der Waals surface area (Å²) < 4.78 is 5.71. The predicted molar refractivity (Wildman–Crippen MR) is 120 cm³/mol. The third-order valence-corrected chi connectivity index (χ3v) is 6.16. The Kier molecular flexibility index (Phi) is 5.28. The van der Waals surface area contributed by atoms with Crippen LogP contribution in [0.15, 0.2) is 53.4 Å². The topological polar surface area (TPSA) is 142 Å². The molecule has 1 unspecified atom stereocenters. The van der Waals surface area contributed by atoms with Crippen LogP contribution in [0.5, 0.6) is 17.2 Å². The molecule has 0 saturated heterocycles. The molecule has 0 bridgehead atoms. The molecule has 4 rings (SSSR count). The maximum Gasteiger partial charge on any atom is 0.269 e. The Hall–Kier alpha value is -4.40. The van der Waals surface area contributed by atoms with Gasteiger partial charge in [0.05, 0.1) is 11.1 Å². The average molecular weight is 462 g/mol. The van der Waals surface area contributed by atoms with Crippen molar-refractivity contribution in [3.8, 4) is 17.2 Å². The van der Waals surface area contributed by atoms with Gasteiger partial charge in [-0.2, -0.15) is 0 Å². The molecule has 0 radical (unpaired) electrons. The van der Waals surface area contributed by atoms with E-state index in [2.05, 4.69) is 10.9 Å². The van der Waals surface area contributed by atoms with Crippen molar-refractivity contribution >= 4 is 23.3 Å². The fourth-order valence-corrected chi connectivity index (χ4v) is 4.24. The summed E-state index contributed by atoms with van der Waals surface area (Å²) in [7, 11) is 0. The Morgan fingerprint density at radius 2 is 1.65 bits per heavy atom. The van der Waals surface area contributed by atoms with Crippen molar-refractivity contribution in [3.63, 3.8) is 0 Å². The first kappa shape index (κ1) is 22.8. The van der Waals surface area contributed by atoms with E-state index < -0.39 is 40.2 Å². The number of amides is 1. The molecule has 9 heteroatoms. The monoisotopic (exact) mass is 462 g/mol. The van der Waals surface area contributed by atoms with Gasteiger partial charge in [-0.25, -0.2) is 0 Å². The number of Topliss-reactive ketones (excluding diaryl/α,β-unsaturated/α-hetero) is 2. The van der Waals surface area contributed by atoms with Gasteiger partial charge in [-0.05, 0) is 39.8 Å². The highest BCUT2D eigenvalue weighted by Gasteiger charge is 2.56. The van der Waals surface area contributed by atoms with Crippen LogP contribution in [-0.2, 0) is 15.0 Å². The molecule has 1 aliphatic carbocycles. The van der Waals surface area contributed by atoms with E-state index in [1.807, 2.05) is 0 Å². The molecule has 1 amide bonds. The molecule has 1 aliphatic heterocycles. The van der Waals surface area contributed by atoms with Gasteiger partial charge in [0.2, 0.25) is 0 Å². The molecular formula is C25H22N2O7. The van der Waals surface area contributed by atoms with Gasteiger partial charge in [0, 0.05) is 22.9 Å². The fourth-order valence-electron chi connectivity index (χ4n) is 4.24. The Labute approximate surface area is 194 Å². The second-order valence-corrected chi connectivity index (χ2v) is 8.33. The molecule has 0 saturated carbocycles. The summed E-state index contributed by atoms with van der Waals surface area (Å²) in [5.74, 6) is -3.45. The molecule has 2 aromatic rings. The van der Waals surface area contributed by atoms with Gasteiger partial charge in [0.15, 0.2) is 17.3 Å². The molecule has 0 spiro atoms. The Morgan fingerprint density at radius 1 is 1.00 bits per heavy atom. The van der Waals surface area contributed by atoms with Crippen molar-refractivity contribution in [2.75, 3.05) is 0 Å². The lowest BCUT2D eigenvalue weighted by Gasteiger charge is -2.29. The van der Waals surface area contributed by atoms with E-state index in [9.17, 15) is 29.4 Å². The van der Waals surface area contributed by atoms with Gasteiger partial charge in [-0.3, -0.25) is 24.6 Å². The first-order valence-corrected chi connectivity index (χ1v) is 10.4. The molecule has 0 fully saturated rings. The molecule has 34 heavy (non-hydrogen) atoms. The van der Waals surface area contributed by atoms with Crippen LogP contribution in [0.4, 0.5) is 0 Å². The molecule has 1 heterocycles. The van der Waals surface area contributed by atoms with Gasteiger partial charge in [-0.1, -0.05) is 18.2 Å². The fraction of sp³-hybridized carbons (Fsp3) is 0.200. The van der Waals surface area contributed by atoms with Gasteiger partial charge in [0.1, 0.15) is 34.0 Å². The summed E-state index contributed by atoms with van der Waals surface area (Å²) in [5, 5.41) is 21.2. The molecule has 1 atom stereocenters. The summed E-state index contributed by atoms with van der Waals surface area (Å²) in [4.78, 5) is 51.1. The molecule has 9 nitrogen and oxygen atoms in total. The smallest absolute Gasteiger partial charge is 0.269 e. The molecule has 174 valence electrons. The summed E-state index contributed by atoms with van der Waals surface area (Å²) in [6.45, 7) is 5.55. The number of aromatic hydroxyl groups is 2. The number of ketones is 3. The third kappa shape index (κ3) is 3.16. The van der Waals surface area contributed by atoms with Crippen LogP contribution >= 0.6 is 0 Å². The minimum absolute atomic E-state index is 0.00429. The Morgan fingerprint density at radius 3 is 2.26 bits per heavy atom. The van der Waals surface area contributed by atoms with Crippen LogP contribution in [0, 0.1) is 6.92 Å². The van der Waals surface area contributed by atoms with E-state index in [0.29, 0.717) is 5.56 Å². The van der Waals surface area contributed by atoms with Gasteiger partial charge in [-0.15, -0.1) is 0 Å². The van der Waals surface area contributed by atoms with Gasteiger partial charge >= 0.3 is 0 Å². The first-order valence-electron chi connectivity index (χ1n) is 10.4. The largest absolute Gasteiger partial charge is 0.507 e. The second kappa shape index (κ2) is 7.87. The minimum atomic E-state index is -1.63. The number of benzene rings is 2. The van der Waals surface area contributed by atoms with Crippen LogP contribution in [-0.4, -0.2) is 33.5 Å². The molecule has 2 aromatic carbocycles. The molecule has 2 aliphatic rings. The van der Waals surface area contributed by atoms with Crippen molar-refractivity contribution in [3.05, 3.63) is 75.7 Å². The number of ether oxygens (including phenoxy) is 1. The molecule has 0 aromatic heterocycles.